The lowest BCUT2D eigenvalue weighted by Crippen LogP contribution is -2.31. The molecule has 1 rings (SSSR count). The molecular formula is C10H19N3S. The van der Waals surface area contributed by atoms with Gasteiger partial charge < -0.3 is 5.32 Å². The van der Waals surface area contributed by atoms with E-state index < -0.39 is 0 Å². The normalized spacial score (nSPS) is 13.0. The Balaban J connectivity index is 2.07. The predicted octanol–water partition coefficient (Wildman–Crippen LogP) is 1.61. The summed E-state index contributed by atoms with van der Waals surface area (Å²) in [4.78, 5) is 0. The first-order chi connectivity index (χ1) is 6.83. The lowest BCUT2D eigenvalue weighted by Gasteiger charge is -2.13. The molecule has 0 amide bonds. The second-order valence-electron chi connectivity index (χ2n) is 3.43. The molecule has 1 N–H and O–H groups in total. The molecule has 0 spiro atoms. The van der Waals surface area contributed by atoms with Crippen molar-refractivity contribution in [2.75, 3.05) is 18.6 Å². The molecule has 0 aliphatic rings. The zero-order chi connectivity index (χ0) is 10.2. The summed E-state index contributed by atoms with van der Waals surface area (Å²) < 4.78 is 1.96. The molecule has 0 aromatic carbocycles. The highest BCUT2D eigenvalue weighted by molar-refractivity contribution is 7.98. The van der Waals surface area contributed by atoms with Gasteiger partial charge in [0, 0.05) is 18.4 Å². The molecule has 0 fully saturated rings. The molecule has 1 heterocycles. The van der Waals surface area contributed by atoms with Crippen LogP contribution in [0.15, 0.2) is 18.5 Å². The van der Waals surface area contributed by atoms with Crippen molar-refractivity contribution in [3.8, 4) is 0 Å². The van der Waals surface area contributed by atoms with Crippen LogP contribution >= 0.6 is 11.8 Å². The summed E-state index contributed by atoms with van der Waals surface area (Å²) in [6.07, 6.45) is 7.21. The topological polar surface area (TPSA) is 29.9 Å². The Morgan fingerprint density at radius 1 is 1.57 bits per heavy atom. The van der Waals surface area contributed by atoms with Crippen LogP contribution in [0.2, 0.25) is 0 Å². The first-order valence-corrected chi connectivity index (χ1v) is 6.42. The number of rotatable bonds is 7. The average molecular weight is 213 g/mol. The van der Waals surface area contributed by atoms with Crippen molar-refractivity contribution >= 4 is 11.8 Å². The number of aromatic nitrogens is 2. The molecule has 14 heavy (non-hydrogen) atoms. The number of nitrogens with one attached hydrogen (secondary N) is 1. The quantitative estimate of drug-likeness (QED) is 0.698. The molecule has 1 aromatic rings. The Bertz CT molecular complexity index is 223. The summed E-state index contributed by atoms with van der Waals surface area (Å²) in [5.41, 5.74) is 0. The molecule has 0 saturated heterocycles. The van der Waals surface area contributed by atoms with Gasteiger partial charge in [-0.25, -0.2) is 0 Å². The van der Waals surface area contributed by atoms with Crippen molar-refractivity contribution in [2.45, 2.75) is 25.9 Å². The maximum Gasteiger partial charge on any atom is 0.0559 e. The summed E-state index contributed by atoms with van der Waals surface area (Å²) in [7, 11) is 0. The second kappa shape index (κ2) is 6.90. The maximum atomic E-state index is 4.17. The van der Waals surface area contributed by atoms with Crippen LogP contribution in [0.5, 0.6) is 0 Å². The van der Waals surface area contributed by atoms with Gasteiger partial charge in [-0.2, -0.15) is 16.9 Å². The Kier molecular flexibility index (Phi) is 5.71. The standard InChI is InChI=1S/C10H19N3S/c1-10(11-5-4-8-14-2)9-13-7-3-6-12-13/h3,6-7,10-11H,4-5,8-9H2,1-2H3. The first-order valence-electron chi connectivity index (χ1n) is 5.02. The Hall–Kier alpha value is -0.480. The van der Waals surface area contributed by atoms with Gasteiger partial charge in [-0.1, -0.05) is 0 Å². The number of nitrogens with zero attached hydrogens (tertiary/aromatic N) is 2. The van der Waals surface area contributed by atoms with E-state index in [0.717, 1.165) is 13.1 Å². The van der Waals surface area contributed by atoms with Crippen LogP contribution in [0.4, 0.5) is 0 Å². The fourth-order valence-electron chi connectivity index (χ4n) is 1.32. The van der Waals surface area contributed by atoms with E-state index in [4.69, 9.17) is 0 Å². The van der Waals surface area contributed by atoms with Gasteiger partial charge in [-0.3, -0.25) is 4.68 Å². The van der Waals surface area contributed by atoms with Crippen molar-refractivity contribution in [3.05, 3.63) is 18.5 Å². The van der Waals surface area contributed by atoms with Gasteiger partial charge >= 0.3 is 0 Å². The van der Waals surface area contributed by atoms with Gasteiger partial charge in [0.2, 0.25) is 0 Å². The van der Waals surface area contributed by atoms with Crippen LogP contribution < -0.4 is 5.32 Å². The molecule has 0 saturated carbocycles. The van der Waals surface area contributed by atoms with E-state index in [1.807, 2.05) is 34.9 Å². The fourth-order valence-corrected chi connectivity index (χ4v) is 1.75. The molecule has 80 valence electrons. The third-order valence-corrected chi connectivity index (χ3v) is 2.74. The van der Waals surface area contributed by atoms with Crippen LogP contribution in [-0.4, -0.2) is 34.4 Å². The summed E-state index contributed by atoms with van der Waals surface area (Å²) in [5.74, 6) is 1.24. The highest BCUT2D eigenvalue weighted by atomic mass is 32.2. The third kappa shape index (κ3) is 4.67. The van der Waals surface area contributed by atoms with Crippen molar-refractivity contribution in [3.63, 3.8) is 0 Å². The highest BCUT2D eigenvalue weighted by Crippen LogP contribution is 1.95. The van der Waals surface area contributed by atoms with Crippen LogP contribution in [0.25, 0.3) is 0 Å². The van der Waals surface area contributed by atoms with E-state index >= 15 is 0 Å². The van der Waals surface area contributed by atoms with E-state index in [1.165, 1.54) is 12.2 Å². The minimum atomic E-state index is 0.497. The highest BCUT2D eigenvalue weighted by Gasteiger charge is 2.01. The molecule has 0 radical (unpaired) electrons. The van der Waals surface area contributed by atoms with E-state index in [2.05, 4.69) is 23.6 Å². The summed E-state index contributed by atoms with van der Waals surface area (Å²) in [6.45, 7) is 4.25. The first kappa shape index (κ1) is 11.6. The molecule has 4 heteroatoms. The predicted molar refractivity (Wildman–Crippen MR) is 62.7 cm³/mol. The van der Waals surface area contributed by atoms with Gasteiger partial charge in [0.25, 0.3) is 0 Å². The Labute approximate surface area is 90.3 Å². The molecule has 1 atom stereocenters. The molecule has 0 aliphatic heterocycles. The van der Waals surface area contributed by atoms with Gasteiger partial charge in [-0.05, 0) is 38.0 Å². The largest absolute Gasteiger partial charge is 0.312 e. The molecular weight excluding hydrogens is 194 g/mol. The minimum absolute atomic E-state index is 0.497. The summed E-state index contributed by atoms with van der Waals surface area (Å²) >= 11 is 1.90. The summed E-state index contributed by atoms with van der Waals surface area (Å²) in [6, 6.07) is 2.46. The van der Waals surface area contributed by atoms with Crippen molar-refractivity contribution < 1.29 is 0 Å². The number of thioether (sulfide) groups is 1. The fraction of sp³-hybridized carbons (Fsp3) is 0.700. The van der Waals surface area contributed by atoms with Gasteiger partial charge in [0.05, 0.1) is 6.54 Å². The lowest BCUT2D eigenvalue weighted by molar-refractivity contribution is 0.453. The average Bonchev–Trinajstić information content (AvgIpc) is 2.65. The van der Waals surface area contributed by atoms with Gasteiger partial charge in [0.15, 0.2) is 0 Å². The third-order valence-electron chi connectivity index (χ3n) is 2.04. The molecule has 0 bridgehead atoms. The SMILES string of the molecule is CSCCCNC(C)Cn1cccn1. The van der Waals surface area contributed by atoms with Gasteiger partial charge in [-0.15, -0.1) is 0 Å². The zero-order valence-electron chi connectivity index (χ0n) is 8.94. The molecule has 3 nitrogen and oxygen atoms in total. The van der Waals surface area contributed by atoms with Crippen molar-refractivity contribution in [1.29, 1.82) is 0 Å². The smallest absolute Gasteiger partial charge is 0.0559 e. The maximum absolute atomic E-state index is 4.17. The van der Waals surface area contributed by atoms with E-state index in [1.54, 1.807) is 0 Å². The van der Waals surface area contributed by atoms with E-state index in [-0.39, 0.29) is 0 Å². The van der Waals surface area contributed by atoms with Crippen LogP contribution in [0.1, 0.15) is 13.3 Å². The number of hydrogen-bond donors (Lipinski definition) is 1. The van der Waals surface area contributed by atoms with Crippen molar-refractivity contribution in [1.82, 2.24) is 15.1 Å². The van der Waals surface area contributed by atoms with Crippen molar-refractivity contribution in [2.24, 2.45) is 0 Å². The zero-order valence-corrected chi connectivity index (χ0v) is 9.76. The lowest BCUT2D eigenvalue weighted by atomic mass is 10.3. The van der Waals surface area contributed by atoms with Crippen LogP contribution in [0.3, 0.4) is 0 Å². The molecule has 1 unspecified atom stereocenters. The number of hydrogen-bond acceptors (Lipinski definition) is 3. The van der Waals surface area contributed by atoms with Gasteiger partial charge in [0.1, 0.15) is 0 Å². The minimum Gasteiger partial charge on any atom is -0.312 e. The Morgan fingerprint density at radius 3 is 3.07 bits per heavy atom. The monoisotopic (exact) mass is 213 g/mol. The van der Waals surface area contributed by atoms with Crippen LogP contribution in [-0.2, 0) is 6.54 Å². The molecule has 1 aromatic heterocycles. The van der Waals surface area contributed by atoms with E-state index in [0.29, 0.717) is 6.04 Å². The second-order valence-corrected chi connectivity index (χ2v) is 4.42. The summed E-state index contributed by atoms with van der Waals surface area (Å²) in [5, 5.41) is 7.65. The van der Waals surface area contributed by atoms with E-state index in [9.17, 15) is 0 Å². The molecule has 0 aliphatic carbocycles. The Morgan fingerprint density at radius 2 is 2.43 bits per heavy atom. The van der Waals surface area contributed by atoms with Crippen LogP contribution in [0, 0.1) is 0 Å².